The average Bonchev–Trinajstić information content (AvgIpc) is 2.92. The lowest BCUT2D eigenvalue weighted by atomic mass is 10.2. The van der Waals surface area contributed by atoms with E-state index >= 15 is 0 Å². The maximum absolute atomic E-state index is 11.9. The van der Waals surface area contributed by atoms with Crippen LogP contribution in [0.2, 0.25) is 0 Å². The second kappa shape index (κ2) is 7.88. The van der Waals surface area contributed by atoms with Crippen molar-refractivity contribution in [3.63, 3.8) is 0 Å². The zero-order valence-electron chi connectivity index (χ0n) is 12.4. The number of aryl methyl sites for hydroxylation is 1. The summed E-state index contributed by atoms with van der Waals surface area (Å²) in [5, 5.41) is 22.2. The number of ether oxygens (including phenoxy) is 1. The Bertz CT molecular complexity index is 720. The third-order valence-electron chi connectivity index (χ3n) is 2.59. The summed E-state index contributed by atoms with van der Waals surface area (Å²) in [6, 6.07) is 4.33. The summed E-state index contributed by atoms with van der Waals surface area (Å²) >= 11 is 2.62. The molecular weight excluding hydrogens is 340 g/mol. The van der Waals surface area contributed by atoms with E-state index in [0.717, 1.165) is 5.01 Å². The number of hydrogen-bond donors (Lipinski definition) is 1. The number of benzene rings is 1. The lowest BCUT2D eigenvalue weighted by molar-refractivity contribution is -0.384. The van der Waals surface area contributed by atoms with E-state index in [2.05, 4.69) is 15.5 Å². The van der Waals surface area contributed by atoms with Crippen molar-refractivity contribution in [3.05, 3.63) is 33.3 Å². The van der Waals surface area contributed by atoms with E-state index in [1.165, 1.54) is 35.2 Å². The Morgan fingerprint density at radius 1 is 1.48 bits per heavy atom. The molecule has 0 saturated heterocycles. The monoisotopic (exact) mass is 354 g/mol. The van der Waals surface area contributed by atoms with E-state index in [0.29, 0.717) is 16.7 Å². The van der Waals surface area contributed by atoms with Gasteiger partial charge in [-0.05, 0) is 26.0 Å². The Hall–Kier alpha value is -2.20. The molecule has 1 amide bonds. The van der Waals surface area contributed by atoms with Crippen LogP contribution < -0.4 is 10.1 Å². The normalized spacial score (nSPS) is 10.3. The van der Waals surface area contributed by atoms with Gasteiger partial charge in [-0.25, -0.2) is 0 Å². The van der Waals surface area contributed by atoms with Crippen molar-refractivity contribution in [2.75, 3.05) is 17.7 Å². The van der Waals surface area contributed by atoms with E-state index in [1.54, 1.807) is 13.0 Å². The summed E-state index contributed by atoms with van der Waals surface area (Å²) in [5.41, 5.74) is -0.0708. The van der Waals surface area contributed by atoms with Crippen LogP contribution in [0.1, 0.15) is 11.9 Å². The van der Waals surface area contributed by atoms with Crippen LogP contribution in [0.15, 0.2) is 22.5 Å². The molecule has 8 nitrogen and oxygen atoms in total. The van der Waals surface area contributed by atoms with Gasteiger partial charge in [0, 0.05) is 0 Å². The number of nitrogens with zero attached hydrogens (tertiary/aromatic N) is 3. The van der Waals surface area contributed by atoms with E-state index in [-0.39, 0.29) is 23.0 Å². The molecule has 1 aromatic carbocycles. The highest BCUT2D eigenvalue weighted by molar-refractivity contribution is 8.01. The Kier molecular flexibility index (Phi) is 5.88. The summed E-state index contributed by atoms with van der Waals surface area (Å²) in [6.45, 7) is 4.01. The van der Waals surface area contributed by atoms with E-state index in [9.17, 15) is 14.9 Å². The molecule has 2 aromatic rings. The number of aromatic nitrogens is 2. The first-order valence-electron chi connectivity index (χ1n) is 6.63. The molecule has 23 heavy (non-hydrogen) atoms. The molecule has 1 heterocycles. The smallest absolute Gasteiger partial charge is 0.296 e. The molecule has 2 rings (SSSR count). The molecule has 0 aliphatic carbocycles. The maximum Gasteiger partial charge on any atom is 0.296 e. The van der Waals surface area contributed by atoms with E-state index in [1.807, 2.05) is 6.92 Å². The largest absolute Gasteiger partial charge is 0.494 e. The van der Waals surface area contributed by atoms with Crippen LogP contribution in [0.5, 0.6) is 5.75 Å². The van der Waals surface area contributed by atoms with Gasteiger partial charge in [0.25, 0.3) is 5.69 Å². The van der Waals surface area contributed by atoms with Gasteiger partial charge >= 0.3 is 0 Å². The standard InChI is InChI=1S/C13H14N4O4S2/c1-3-21-9-4-5-10(11(6-9)17(19)20)14-12(18)7-22-13-16-15-8(2)23-13/h4-6H,3,7H2,1-2H3,(H,14,18). The molecule has 0 unspecified atom stereocenters. The first kappa shape index (κ1) is 17.2. The number of nitro benzene ring substituents is 1. The van der Waals surface area contributed by atoms with Crippen LogP contribution >= 0.6 is 23.1 Å². The maximum atomic E-state index is 11.9. The molecule has 10 heteroatoms. The Labute approximate surface area is 140 Å². The number of nitro groups is 1. The van der Waals surface area contributed by atoms with Gasteiger partial charge in [0.1, 0.15) is 16.4 Å². The van der Waals surface area contributed by atoms with Gasteiger partial charge in [-0.15, -0.1) is 10.2 Å². The van der Waals surface area contributed by atoms with Crippen molar-refractivity contribution >= 4 is 40.4 Å². The van der Waals surface area contributed by atoms with Crippen molar-refractivity contribution in [2.45, 2.75) is 18.2 Å². The highest BCUT2D eigenvalue weighted by atomic mass is 32.2. The number of thioether (sulfide) groups is 1. The van der Waals surface area contributed by atoms with Gasteiger partial charge in [-0.2, -0.15) is 0 Å². The Morgan fingerprint density at radius 3 is 2.87 bits per heavy atom. The lowest BCUT2D eigenvalue weighted by Gasteiger charge is -2.08. The van der Waals surface area contributed by atoms with E-state index in [4.69, 9.17) is 4.74 Å². The molecule has 0 fully saturated rings. The highest BCUT2D eigenvalue weighted by Gasteiger charge is 2.17. The second-order valence-electron chi connectivity index (χ2n) is 4.29. The average molecular weight is 354 g/mol. The quantitative estimate of drug-likeness (QED) is 0.463. The van der Waals surface area contributed by atoms with E-state index < -0.39 is 4.92 Å². The minimum atomic E-state index is -0.556. The first-order valence-corrected chi connectivity index (χ1v) is 8.43. The zero-order valence-corrected chi connectivity index (χ0v) is 14.1. The van der Waals surface area contributed by atoms with Gasteiger partial charge in [0.05, 0.1) is 23.3 Å². The van der Waals surface area contributed by atoms with Gasteiger partial charge in [0.15, 0.2) is 4.34 Å². The molecule has 0 atom stereocenters. The summed E-state index contributed by atoms with van der Waals surface area (Å²) < 4.78 is 5.91. The number of amides is 1. The number of rotatable bonds is 7. The fourth-order valence-corrected chi connectivity index (χ4v) is 3.29. The van der Waals surface area contributed by atoms with Crippen LogP contribution in [-0.4, -0.2) is 33.4 Å². The summed E-state index contributed by atoms with van der Waals surface area (Å²) in [5.74, 6) is 0.130. The predicted octanol–water partition coefficient (Wildman–Crippen LogP) is 2.88. The molecular formula is C13H14N4O4S2. The van der Waals surface area contributed by atoms with Crippen LogP contribution in [0, 0.1) is 17.0 Å². The SMILES string of the molecule is CCOc1ccc(NC(=O)CSc2nnc(C)s2)c([N+](=O)[O-])c1. The van der Waals surface area contributed by atoms with Gasteiger partial charge < -0.3 is 10.1 Å². The molecule has 0 bridgehead atoms. The molecule has 0 aliphatic heterocycles. The summed E-state index contributed by atoms with van der Waals surface area (Å²) in [7, 11) is 0. The van der Waals surface area contributed by atoms with Gasteiger partial charge in [-0.3, -0.25) is 14.9 Å². The van der Waals surface area contributed by atoms with Crippen molar-refractivity contribution in [2.24, 2.45) is 0 Å². The number of anilines is 1. The molecule has 0 radical (unpaired) electrons. The Balaban J connectivity index is 2.03. The zero-order chi connectivity index (χ0) is 16.8. The third-order valence-corrected chi connectivity index (χ3v) is 4.56. The van der Waals surface area contributed by atoms with Crippen molar-refractivity contribution in [3.8, 4) is 5.75 Å². The number of carbonyl (C=O) groups excluding carboxylic acids is 1. The third kappa shape index (κ3) is 4.89. The molecule has 0 aliphatic rings. The topological polar surface area (TPSA) is 107 Å². The van der Waals surface area contributed by atoms with Crippen molar-refractivity contribution < 1.29 is 14.5 Å². The number of carbonyl (C=O) groups is 1. The van der Waals surface area contributed by atoms with Crippen LogP contribution in [-0.2, 0) is 4.79 Å². The summed E-state index contributed by atoms with van der Waals surface area (Å²) in [4.78, 5) is 22.5. The molecule has 1 N–H and O–H groups in total. The van der Waals surface area contributed by atoms with Gasteiger partial charge in [-0.1, -0.05) is 23.1 Å². The molecule has 122 valence electrons. The minimum absolute atomic E-state index is 0.0962. The highest BCUT2D eigenvalue weighted by Crippen LogP contribution is 2.29. The predicted molar refractivity (Wildman–Crippen MR) is 88.3 cm³/mol. The van der Waals surface area contributed by atoms with Gasteiger partial charge in [0.2, 0.25) is 5.91 Å². The van der Waals surface area contributed by atoms with Crippen molar-refractivity contribution in [1.82, 2.24) is 10.2 Å². The molecule has 0 spiro atoms. The number of nitrogens with one attached hydrogen (secondary N) is 1. The minimum Gasteiger partial charge on any atom is -0.494 e. The van der Waals surface area contributed by atoms with Crippen LogP contribution in [0.25, 0.3) is 0 Å². The fourth-order valence-electron chi connectivity index (χ4n) is 1.67. The molecule has 1 aromatic heterocycles. The first-order chi connectivity index (χ1) is 11.0. The Morgan fingerprint density at radius 2 is 2.26 bits per heavy atom. The lowest BCUT2D eigenvalue weighted by Crippen LogP contribution is -2.15. The fraction of sp³-hybridized carbons (Fsp3) is 0.308. The summed E-state index contributed by atoms with van der Waals surface area (Å²) in [6.07, 6.45) is 0. The second-order valence-corrected chi connectivity index (χ2v) is 6.70. The number of hydrogen-bond acceptors (Lipinski definition) is 8. The molecule has 0 saturated carbocycles. The van der Waals surface area contributed by atoms with Crippen LogP contribution in [0.3, 0.4) is 0 Å². The van der Waals surface area contributed by atoms with Crippen LogP contribution in [0.4, 0.5) is 11.4 Å². The van der Waals surface area contributed by atoms with Crippen molar-refractivity contribution in [1.29, 1.82) is 0 Å².